The summed E-state index contributed by atoms with van der Waals surface area (Å²) >= 11 is 0. The third-order valence-electron chi connectivity index (χ3n) is 0.762. The molecule has 0 rings (SSSR count). The summed E-state index contributed by atoms with van der Waals surface area (Å²) in [5, 5.41) is 8.20. The van der Waals surface area contributed by atoms with Crippen molar-refractivity contribution in [3.8, 4) is 0 Å². The molecule has 1 nitrogen and oxygen atoms in total. The second-order valence-corrected chi connectivity index (χ2v) is 1.43. The molecule has 0 unspecified atom stereocenters. The summed E-state index contributed by atoms with van der Waals surface area (Å²) in [6, 6.07) is 0. The van der Waals surface area contributed by atoms with Crippen molar-refractivity contribution in [2.24, 2.45) is 0 Å². The van der Waals surface area contributed by atoms with Gasteiger partial charge < -0.3 is 5.11 Å². The summed E-state index contributed by atoms with van der Waals surface area (Å²) < 4.78 is 0. The summed E-state index contributed by atoms with van der Waals surface area (Å²) in [6.45, 7) is 2.48. The Balaban J connectivity index is -0.0000000208. The van der Waals surface area contributed by atoms with Gasteiger partial charge in [-0.15, -0.1) is 37.2 Å². The monoisotopic (exact) mass is 244 g/mol. The zero-order valence-corrected chi connectivity index (χ0v) is 10.0. The third kappa shape index (κ3) is 33.7. The zero-order valence-electron chi connectivity index (χ0n) is 6.00. The summed E-state index contributed by atoms with van der Waals surface area (Å²) in [4.78, 5) is 0. The van der Waals surface area contributed by atoms with Gasteiger partial charge >= 0.3 is 0 Å². The number of aliphatic hydroxyl groups excluding tert-OH is 1. The van der Waals surface area contributed by atoms with E-state index in [-0.39, 0.29) is 58.9 Å². The van der Waals surface area contributed by atoms with E-state index in [1.165, 1.54) is 6.42 Å². The van der Waals surface area contributed by atoms with Crippen molar-refractivity contribution in [2.75, 3.05) is 6.61 Å². The van der Waals surface area contributed by atoms with E-state index < -0.39 is 0 Å². The van der Waals surface area contributed by atoms with Gasteiger partial charge in [-0.2, -0.15) is 0 Å². The largest absolute Gasteiger partial charge is 0.396 e. The van der Waals surface area contributed by atoms with E-state index in [0.717, 1.165) is 12.8 Å². The number of unbranched alkanes of at least 4 members (excludes halogenated alkanes) is 2. The van der Waals surface area contributed by atoms with Crippen LogP contribution in [-0.4, -0.2) is 11.7 Å². The predicted octanol–water partition coefficient (Wildman–Crippen LogP) is 2.43. The topological polar surface area (TPSA) is 20.2 Å². The van der Waals surface area contributed by atoms with Crippen molar-refractivity contribution in [1.82, 2.24) is 0 Å². The van der Waals surface area contributed by atoms with Crippen molar-refractivity contribution >= 4 is 37.2 Å². The van der Waals surface area contributed by atoms with Crippen LogP contribution in [0.3, 0.4) is 0 Å². The summed E-state index contributed by atoms with van der Waals surface area (Å²) in [7, 11) is 0. The summed E-state index contributed by atoms with van der Waals surface area (Å²) in [6.07, 6.45) is 3.33. The minimum atomic E-state index is 0. The van der Waals surface area contributed by atoms with E-state index in [9.17, 15) is 0 Å². The minimum absolute atomic E-state index is 0. The van der Waals surface area contributed by atoms with Gasteiger partial charge in [-0.1, -0.05) is 19.8 Å². The SMILES string of the molecule is CCCCCO.Cl.Cl.Cl.[Ti]. The number of hydrogen-bond donors (Lipinski definition) is 1. The molecular weight excluding hydrogens is 230 g/mol. The van der Waals surface area contributed by atoms with Crippen molar-refractivity contribution in [3.63, 3.8) is 0 Å². The molecule has 0 atom stereocenters. The average Bonchev–Trinajstić information content (AvgIpc) is 1.61. The second-order valence-electron chi connectivity index (χ2n) is 1.43. The number of rotatable bonds is 3. The van der Waals surface area contributed by atoms with Gasteiger partial charge in [0.05, 0.1) is 0 Å². The molecule has 0 aliphatic rings. The fourth-order valence-corrected chi connectivity index (χ4v) is 0.362. The van der Waals surface area contributed by atoms with Gasteiger partial charge in [-0.3, -0.25) is 0 Å². The Morgan fingerprint density at radius 1 is 1.00 bits per heavy atom. The number of aliphatic hydroxyl groups is 1. The van der Waals surface area contributed by atoms with Crippen molar-refractivity contribution in [1.29, 1.82) is 0 Å². The van der Waals surface area contributed by atoms with E-state index >= 15 is 0 Å². The molecule has 0 aromatic carbocycles. The Labute approximate surface area is 96.5 Å². The fraction of sp³-hybridized carbons (Fsp3) is 1.00. The first-order valence-electron chi connectivity index (χ1n) is 2.52. The summed E-state index contributed by atoms with van der Waals surface area (Å²) in [5.41, 5.74) is 0. The molecule has 0 saturated carbocycles. The molecule has 0 aliphatic heterocycles. The maximum atomic E-state index is 8.20. The molecule has 0 aliphatic carbocycles. The summed E-state index contributed by atoms with van der Waals surface area (Å²) in [5.74, 6) is 0. The van der Waals surface area contributed by atoms with Gasteiger partial charge in [-0.05, 0) is 6.42 Å². The van der Waals surface area contributed by atoms with Crippen LogP contribution < -0.4 is 0 Å². The minimum Gasteiger partial charge on any atom is -0.396 e. The molecular formula is C5H15Cl3OTi. The molecule has 0 aromatic rings. The Bertz CT molecular complexity index is 28.9. The van der Waals surface area contributed by atoms with Gasteiger partial charge in [0.25, 0.3) is 0 Å². The maximum Gasteiger partial charge on any atom is 0.0431 e. The van der Waals surface area contributed by atoms with Crippen LogP contribution >= 0.6 is 37.2 Å². The van der Waals surface area contributed by atoms with Crippen LogP contribution in [-0.2, 0) is 21.7 Å². The molecule has 0 radical (unpaired) electrons. The molecule has 0 saturated heterocycles. The van der Waals surface area contributed by atoms with Crippen LogP contribution in [0.25, 0.3) is 0 Å². The molecule has 0 amide bonds. The van der Waals surface area contributed by atoms with Gasteiger partial charge in [0.15, 0.2) is 0 Å². The Morgan fingerprint density at radius 2 is 1.40 bits per heavy atom. The quantitative estimate of drug-likeness (QED) is 0.598. The van der Waals surface area contributed by atoms with Gasteiger partial charge in [0, 0.05) is 28.3 Å². The Kier molecular flexibility index (Phi) is 93.6. The van der Waals surface area contributed by atoms with Crippen LogP contribution in [0.15, 0.2) is 0 Å². The van der Waals surface area contributed by atoms with Gasteiger partial charge in [0.2, 0.25) is 0 Å². The molecule has 0 spiro atoms. The average molecular weight is 245 g/mol. The second kappa shape index (κ2) is 31.2. The molecule has 0 heterocycles. The van der Waals surface area contributed by atoms with Crippen LogP contribution in [0.4, 0.5) is 0 Å². The standard InChI is InChI=1S/C5H12O.3ClH.Ti/c1-2-3-4-5-6;;;;/h6H,2-5H2,1H3;3*1H;. The van der Waals surface area contributed by atoms with Crippen LogP contribution in [0, 0.1) is 0 Å². The van der Waals surface area contributed by atoms with Crippen molar-refractivity contribution < 1.29 is 26.8 Å². The number of halogens is 3. The molecule has 0 fully saturated rings. The molecule has 10 heavy (non-hydrogen) atoms. The normalized spacial score (nSPS) is 5.40. The molecule has 5 heteroatoms. The van der Waals surface area contributed by atoms with Crippen molar-refractivity contribution in [3.05, 3.63) is 0 Å². The number of hydrogen-bond acceptors (Lipinski definition) is 1. The maximum absolute atomic E-state index is 8.20. The van der Waals surface area contributed by atoms with Crippen LogP contribution in [0.1, 0.15) is 26.2 Å². The van der Waals surface area contributed by atoms with E-state index in [4.69, 9.17) is 5.11 Å². The Hall–Kier alpha value is 1.54. The Morgan fingerprint density at radius 3 is 1.50 bits per heavy atom. The molecule has 0 aromatic heterocycles. The molecule has 66 valence electrons. The first-order chi connectivity index (χ1) is 2.91. The van der Waals surface area contributed by atoms with E-state index in [1.807, 2.05) is 0 Å². The fourth-order valence-electron chi connectivity index (χ4n) is 0.362. The van der Waals surface area contributed by atoms with E-state index in [2.05, 4.69) is 6.92 Å². The third-order valence-corrected chi connectivity index (χ3v) is 0.762. The first-order valence-corrected chi connectivity index (χ1v) is 2.52. The van der Waals surface area contributed by atoms with Crippen LogP contribution in [0.2, 0.25) is 0 Å². The van der Waals surface area contributed by atoms with E-state index in [1.54, 1.807) is 0 Å². The molecule has 1 N–H and O–H groups in total. The van der Waals surface area contributed by atoms with Gasteiger partial charge in [0.1, 0.15) is 0 Å². The zero-order chi connectivity index (χ0) is 4.83. The van der Waals surface area contributed by atoms with Crippen molar-refractivity contribution in [2.45, 2.75) is 26.2 Å². The first kappa shape index (κ1) is 30.0. The van der Waals surface area contributed by atoms with Gasteiger partial charge in [-0.25, -0.2) is 0 Å². The van der Waals surface area contributed by atoms with E-state index in [0.29, 0.717) is 6.61 Å². The molecule has 0 bridgehead atoms. The van der Waals surface area contributed by atoms with Crippen LogP contribution in [0.5, 0.6) is 0 Å². The predicted molar refractivity (Wildman–Crippen MR) is 48.4 cm³/mol. The smallest absolute Gasteiger partial charge is 0.0431 e.